The Kier molecular flexibility index (Phi) is 5.41. The van der Waals surface area contributed by atoms with Crippen LogP contribution in [-0.2, 0) is 9.53 Å². The molecule has 0 aromatic heterocycles. The second-order valence-electron chi connectivity index (χ2n) is 6.28. The van der Waals surface area contributed by atoms with Crippen LogP contribution in [0.1, 0.15) is 45.4 Å². The Morgan fingerprint density at radius 2 is 2.05 bits per heavy atom. The number of nitrogens with two attached hydrogens (primary N) is 2. The maximum Gasteiger partial charge on any atom is 0.237 e. The first-order valence-corrected chi connectivity index (χ1v) is 7.99. The number of carbonyl (C=O) groups excluding carboxylic acids is 1. The summed E-state index contributed by atoms with van der Waals surface area (Å²) >= 11 is 0. The second kappa shape index (κ2) is 6.87. The average Bonchev–Trinajstić information content (AvgIpc) is 2.81. The molecule has 4 N–H and O–H groups in total. The monoisotopic (exact) mass is 283 g/mol. The molecule has 2 atom stereocenters. The van der Waals surface area contributed by atoms with Crippen molar-refractivity contribution in [1.82, 2.24) is 4.90 Å². The van der Waals surface area contributed by atoms with E-state index in [0.717, 1.165) is 64.8 Å². The number of amides is 1. The standard InChI is InChI=1S/C15H29N3O2/c1-2-20-13-6-10-18(11-7-13)9-5-12-4-3-8-15(12,17)14(16)19/h12-13H,2-11,17H2,1H3,(H2,16,19). The number of likely N-dealkylation sites (tertiary alicyclic amines) is 1. The van der Waals surface area contributed by atoms with E-state index in [-0.39, 0.29) is 11.8 Å². The van der Waals surface area contributed by atoms with Crippen LogP contribution in [0.15, 0.2) is 0 Å². The third-order valence-corrected chi connectivity index (χ3v) is 5.06. The van der Waals surface area contributed by atoms with Crippen LogP contribution in [0.25, 0.3) is 0 Å². The van der Waals surface area contributed by atoms with Gasteiger partial charge in [-0.3, -0.25) is 4.79 Å². The van der Waals surface area contributed by atoms with Gasteiger partial charge < -0.3 is 21.1 Å². The Labute approximate surface area is 122 Å². The van der Waals surface area contributed by atoms with Gasteiger partial charge in [-0.1, -0.05) is 6.42 Å². The first-order chi connectivity index (χ1) is 9.56. The lowest BCUT2D eigenvalue weighted by Crippen LogP contribution is -2.55. The Morgan fingerprint density at radius 3 is 2.65 bits per heavy atom. The lowest BCUT2D eigenvalue weighted by atomic mass is 9.85. The van der Waals surface area contributed by atoms with Gasteiger partial charge in [-0.05, 0) is 51.5 Å². The molecule has 0 radical (unpaired) electrons. The molecule has 1 saturated heterocycles. The molecule has 2 aliphatic rings. The van der Waals surface area contributed by atoms with Crippen molar-refractivity contribution in [2.75, 3.05) is 26.2 Å². The molecule has 2 fully saturated rings. The number of carbonyl (C=O) groups is 1. The van der Waals surface area contributed by atoms with E-state index in [4.69, 9.17) is 16.2 Å². The molecule has 2 rings (SSSR count). The fourth-order valence-electron chi connectivity index (χ4n) is 3.70. The van der Waals surface area contributed by atoms with Crippen molar-refractivity contribution >= 4 is 5.91 Å². The highest BCUT2D eigenvalue weighted by Crippen LogP contribution is 2.36. The van der Waals surface area contributed by atoms with Crippen LogP contribution in [0, 0.1) is 5.92 Å². The van der Waals surface area contributed by atoms with Crippen molar-refractivity contribution in [1.29, 1.82) is 0 Å². The van der Waals surface area contributed by atoms with Gasteiger partial charge in [0.15, 0.2) is 0 Å². The zero-order valence-electron chi connectivity index (χ0n) is 12.6. The van der Waals surface area contributed by atoms with Crippen LogP contribution in [0.3, 0.4) is 0 Å². The van der Waals surface area contributed by atoms with Gasteiger partial charge >= 0.3 is 0 Å². The van der Waals surface area contributed by atoms with Crippen LogP contribution >= 0.6 is 0 Å². The minimum Gasteiger partial charge on any atom is -0.378 e. The second-order valence-corrected chi connectivity index (χ2v) is 6.28. The van der Waals surface area contributed by atoms with Crippen molar-refractivity contribution in [2.45, 2.75) is 57.1 Å². The maximum atomic E-state index is 11.6. The topological polar surface area (TPSA) is 81.6 Å². The van der Waals surface area contributed by atoms with Crippen molar-refractivity contribution in [3.05, 3.63) is 0 Å². The van der Waals surface area contributed by atoms with Gasteiger partial charge in [-0.2, -0.15) is 0 Å². The Morgan fingerprint density at radius 1 is 1.35 bits per heavy atom. The fraction of sp³-hybridized carbons (Fsp3) is 0.933. The van der Waals surface area contributed by atoms with Crippen molar-refractivity contribution < 1.29 is 9.53 Å². The number of rotatable bonds is 6. The highest BCUT2D eigenvalue weighted by Gasteiger charge is 2.44. The van der Waals surface area contributed by atoms with Crippen LogP contribution in [0.4, 0.5) is 0 Å². The SMILES string of the molecule is CCOC1CCN(CCC2CCCC2(N)C(N)=O)CC1. The Hall–Kier alpha value is -0.650. The number of nitrogens with zero attached hydrogens (tertiary/aromatic N) is 1. The zero-order chi connectivity index (χ0) is 14.6. The Balaban J connectivity index is 1.75. The third kappa shape index (κ3) is 3.51. The summed E-state index contributed by atoms with van der Waals surface area (Å²) in [5.74, 6) is -0.0698. The average molecular weight is 283 g/mol. The molecule has 0 aromatic rings. The van der Waals surface area contributed by atoms with Crippen molar-refractivity contribution in [3.8, 4) is 0 Å². The molecule has 1 heterocycles. The first kappa shape index (κ1) is 15.7. The smallest absolute Gasteiger partial charge is 0.237 e. The van der Waals surface area contributed by atoms with E-state index < -0.39 is 5.54 Å². The number of ether oxygens (including phenoxy) is 1. The highest BCUT2D eigenvalue weighted by atomic mass is 16.5. The molecular weight excluding hydrogens is 254 g/mol. The molecule has 0 bridgehead atoms. The molecule has 2 unspecified atom stereocenters. The summed E-state index contributed by atoms with van der Waals surface area (Å²) in [6, 6.07) is 0. The largest absolute Gasteiger partial charge is 0.378 e. The molecule has 0 spiro atoms. The normalized spacial score (nSPS) is 32.6. The number of primary amides is 1. The van der Waals surface area contributed by atoms with Gasteiger partial charge in [0.05, 0.1) is 11.6 Å². The molecule has 20 heavy (non-hydrogen) atoms. The maximum absolute atomic E-state index is 11.6. The quantitative estimate of drug-likeness (QED) is 0.757. The van der Waals surface area contributed by atoms with Gasteiger partial charge in [0.2, 0.25) is 5.91 Å². The molecule has 5 heteroatoms. The molecule has 0 aromatic carbocycles. The summed E-state index contributed by atoms with van der Waals surface area (Å²) in [5, 5.41) is 0. The van der Waals surface area contributed by atoms with Gasteiger partial charge in [-0.25, -0.2) is 0 Å². The Bertz CT molecular complexity index is 329. The molecule has 1 amide bonds. The predicted octanol–water partition coefficient (Wildman–Crippen LogP) is 0.860. The predicted molar refractivity (Wildman–Crippen MR) is 79.2 cm³/mol. The summed E-state index contributed by atoms with van der Waals surface area (Å²) in [6.07, 6.45) is 6.45. The molecule has 1 aliphatic heterocycles. The first-order valence-electron chi connectivity index (χ1n) is 7.99. The van der Waals surface area contributed by atoms with Gasteiger partial charge in [0, 0.05) is 19.7 Å². The summed E-state index contributed by atoms with van der Waals surface area (Å²) in [5.41, 5.74) is 10.9. The summed E-state index contributed by atoms with van der Waals surface area (Å²) in [6.45, 7) is 6.06. The van der Waals surface area contributed by atoms with E-state index in [1.165, 1.54) is 0 Å². The molecule has 5 nitrogen and oxygen atoms in total. The van der Waals surface area contributed by atoms with E-state index in [0.29, 0.717) is 6.10 Å². The van der Waals surface area contributed by atoms with Crippen LogP contribution < -0.4 is 11.5 Å². The van der Waals surface area contributed by atoms with E-state index in [2.05, 4.69) is 11.8 Å². The van der Waals surface area contributed by atoms with Crippen LogP contribution in [0.5, 0.6) is 0 Å². The zero-order valence-corrected chi connectivity index (χ0v) is 12.6. The minimum absolute atomic E-state index is 0.254. The molecule has 1 saturated carbocycles. The number of hydrogen-bond donors (Lipinski definition) is 2. The van der Waals surface area contributed by atoms with Crippen LogP contribution in [-0.4, -0.2) is 48.7 Å². The summed E-state index contributed by atoms with van der Waals surface area (Å²) in [4.78, 5) is 14.0. The fourth-order valence-corrected chi connectivity index (χ4v) is 3.70. The van der Waals surface area contributed by atoms with Crippen molar-refractivity contribution in [2.24, 2.45) is 17.4 Å². The van der Waals surface area contributed by atoms with Gasteiger partial charge in [0.1, 0.15) is 0 Å². The van der Waals surface area contributed by atoms with Gasteiger partial charge in [0.25, 0.3) is 0 Å². The lowest BCUT2D eigenvalue weighted by Gasteiger charge is -2.34. The molecular formula is C15H29N3O2. The van der Waals surface area contributed by atoms with E-state index >= 15 is 0 Å². The lowest BCUT2D eigenvalue weighted by molar-refractivity contribution is -0.124. The van der Waals surface area contributed by atoms with Crippen molar-refractivity contribution in [3.63, 3.8) is 0 Å². The summed E-state index contributed by atoms with van der Waals surface area (Å²) < 4.78 is 5.67. The minimum atomic E-state index is -0.760. The number of hydrogen-bond acceptors (Lipinski definition) is 4. The molecule has 1 aliphatic carbocycles. The third-order valence-electron chi connectivity index (χ3n) is 5.06. The molecule has 116 valence electrons. The van der Waals surface area contributed by atoms with Crippen LogP contribution in [0.2, 0.25) is 0 Å². The number of piperidine rings is 1. The van der Waals surface area contributed by atoms with Gasteiger partial charge in [-0.15, -0.1) is 0 Å². The van der Waals surface area contributed by atoms with E-state index in [9.17, 15) is 4.79 Å². The van der Waals surface area contributed by atoms with E-state index in [1.807, 2.05) is 0 Å². The van der Waals surface area contributed by atoms with E-state index in [1.54, 1.807) is 0 Å². The summed E-state index contributed by atoms with van der Waals surface area (Å²) in [7, 11) is 0. The highest BCUT2D eigenvalue weighted by molar-refractivity contribution is 5.85.